The lowest BCUT2D eigenvalue weighted by Gasteiger charge is -2.17. The van der Waals surface area contributed by atoms with Gasteiger partial charge in [-0.15, -0.1) is 0 Å². The van der Waals surface area contributed by atoms with Crippen LogP contribution in [0.5, 0.6) is 0 Å². The van der Waals surface area contributed by atoms with E-state index in [2.05, 4.69) is 0 Å². The lowest BCUT2D eigenvalue weighted by Crippen LogP contribution is -1.90. The summed E-state index contributed by atoms with van der Waals surface area (Å²) in [6.07, 6.45) is 0. The molecule has 0 saturated carbocycles. The summed E-state index contributed by atoms with van der Waals surface area (Å²) in [5.41, 5.74) is 6.47. The predicted octanol–water partition coefficient (Wildman–Crippen LogP) is 13.3. The first kappa shape index (κ1) is 20.0. The molecule has 0 aliphatic heterocycles. The van der Waals surface area contributed by atoms with Gasteiger partial charge in [-0.05, 0) is 67.6 Å². The van der Waals surface area contributed by atoms with Crippen molar-refractivity contribution in [1.29, 1.82) is 0 Å². The molecule has 0 spiro atoms. The molecule has 2 heteroatoms. The first-order valence-corrected chi connectivity index (χ1v) is 15.7. The lowest BCUT2D eigenvalue weighted by molar-refractivity contribution is 0.632. The molecule has 0 saturated heterocycles. The molecule has 0 bridgehead atoms. The van der Waals surface area contributed by atoms with Crippen molar-refractivity contribution in [2.45, 2.75) is 0 Å². The Hall–Kier alpha value is -6.38. The van der Waals surface area contributed by atoms with Gasteiger partial charge in [-0.25, -0.2) is 0 Å². The second-order valence-corrected chi connectivity index (χ2v) is 11.8. The molecule has 0 aliphatic carbocycles. The van der Waals surface area contributed by atoms with Gasteiger partial charge in [-0.1, -0.05) is 151 Å². The third kappa shape index (κ3) is 4.06. The number of fused-ring (bicyclic) bond motifs is 6. The van der Waals surface area contributed by atoms with E-state index in [0.29, 0.717) is 33.6 Å². The Morgan fingerprint density at radius 2 is 0.792 bits per heavy atom. The van der Waals surface area contributed by atoms with Crippen LogP contribution in [0.2, 0.25) is 0 Å². The van der Waals surface area contributed by atoms with Gasteiger partial charge in [0, 0.05) is 27.3 Å². The summed E-state index contributed by atoms with van der Waals surface area (Å²) in [7, 11) is 0. The van der Waals surface area contributed by atoms with Crippen molar-refractivity contribution in [3.05, 3.63) is 170 Å². The van der Waals surface area contributed by atoms with Gasteiger partial charge in [0.1, 0.15) is 22.5 Å². The number of para-hydroxylation sites is 1. The van der Waals surface area contributed by atoms with Crippen molar-refractivity contribution < 1.29 is 19.8 Å². The second-order valence-electron chi connectivity index (χ2n) is 11.8. The Morgan fingerprint density at radius 1 is 0.333 bits per heavy atom. The molecular formula is C46H28O2. The average Bonchev–Trinajstić information content (AvgIpc) is 3.79. The molecule has 0 unspecified atom stereocenters. The van der Waals surface area contributed by atoms with Gasteiger partial charge in [0.05, 0.1) is 11.0 Å². The van der Waals surface area contributed by atoms with Crippen molar-refractivity contribution in [3.63, 3.8) is 0 Å². The summed E-state index contributed by atoms with van der Waals surface area (Å²) in [6, 6.07) is 35.3. The molecule has 2 heterocycles. The Balaban J connectivity index is 1.27. The molecular weight excluding hydrogens is 585 g/mol. The summed E-state index contributed by atoms with van der Waals surface area (Å²) in [4.78, 5) is 0. The zero-order valence-corrected chi connectivity index (χ0v) is 25.4. The SMILES string of the molecule is [2H]c1c([2H])c([2H])c2c(-c3ccc(-c4oc5cc6c(cc5c4-c4ccccc4)oc4ccccc46)cc3)c3c([2H])c([2H])c([2H])c([2H])c3c(-c3ccccc3)c2c1[2H]. The van der Waals surface area contributed by atoms with E-state index < -0.39 is 24.2 Å². The number of rotatable bonds is 4. The Morgan fingerprint density at radius 3 is 1.40 bits per heavy atom. The standard InChI is InChI=1S/C46H28O2/c1-3-13-29(14-4-1)43-34-18-7-9-20-36(34)44(37-21-10-8-19-35(37)43)31-23-25-32(26-24-31)46-45(30-15-5-2-6-16-30)39-28-41-38(27-42(39)48-46)33-17-11-12-22-40(33)47-41/h1-28H/i7D,8D,9D,10D,18D,19D,20D,21D. The molecule has 8 aromatic carbocycles. The van der Waals surface area contributed by atoms with Crippen molar-refractivity contribution in [2.24, 2.45) is 0 Å². The van der Waals surface area contributed by atoms with Crippen molar-refractivity contribution >= 4 is 54.5 Å². The quantitative estimate of drug-likeness (QED) is 0.183. The van der Waals surface area contributed by atoms with E-state index in [-0.39, 0.29) is 45.7 Å². The number of benzene rings is 8. The lowest BCUT2D eigenvalue weighted by atomic mass is 9.86. The third-order valence-corrected chi connectivity index (χ3v) is 9.12. The summed E-state index contributed by atoms with van der Waals surface area (Å²) in [5.74, 6) is 0.618. The van der Waals surface area contributed by atoms with E-state index in [9.17, 15) is 2.74 Å². The highest BCUT2D eigenvalue weighted by atomic mass is 16.3. The Bertz CT molecular complexity index is 3180. The van der Waals surface area contributed by atoms with Crippen LogP contribution < -0.4 is 0 Å². The van der Waals surface area contributed by atoms with Gasteiger partial charge < -0.3 is 8.83 Å². The number of hydrogen-bond acceptors (Lipinski definition) is 2. The zero-order chi connectivity index (χ0) is 38.6. The van der Waals surface area contributed by atoms with Crippen LogP contribution >= 0.6 is 0 Å². The van der Waals surface area contributed by atoms with Crippen molar-refractivity contribution in [2.75, 3.05) is 0 Å². The molecule has 0 amide bonds. The second kappa shape index (κ2) is 10.6. The zero-order valence-electron chi connectivity index (χ0n) is 33.4. The fraction of sp³-hybridized carbons (Fsp3) is 0. The van der Waals surface area contributed by atoms with Crippen LogP contribution in [0.1, 0.15) is 11.0 Å². The van der Waals surface area contributed by atoms with Gasteiger partial charge in [0.2, 0.25) is 0 Å². The maximum Gasteiger partial charge on any atom is 0.143 e. The minimum Gasteiger partial charge on any atom is -0.456 e. The highest BCUT2D eigenvalue weighted by Crippen LogP contribution is 2.46. The molecule has 48 heavy (non-hydrogen) atoms. The molecule has 0 radical (unpaired) electrons. The largest absolute Gasteiger partial charge is 0.456 e. The molecule has 0 N–H and O–H groups in total. The van der Waals surface area contributed by atoms with E-state index in [0.717, 1.165) is 44.0 Å². The minimum atomic E-state index is -0.437. The normalized spacial score (nSPS) is 14.1. The monoisotopic (exact) mass is 620 g/mol. The van der Waals surface area contributed by atoms with E-state index in [1.54, 1.807) is 24.3 Å². The van der Waals surface area contributed by atoms with Gasteiger partial charge in [0.25, 0.3) is 0 Å². The minimum absolute atomic E-state index is 0.170. The molecule has 2 nitrogen and oxygen atoms in total. The summed E-state index contributed by atoms with van der Waals surface area (Å²) >= 11 is 0. The number of furan rings is 2. The van der Waals surface area contributed by atoms with E-state index in [1.165, 1.54) is 0 Å². The van der Waals surface area contributed by atoms with Crippen LogP contribution in [-0.4, -0.2) is 0 Å². The van der Waals surface area contributed by atoms with Crippen LogP contribution in [0.3, 0.4) is 0 Å². The molecule has 10 aromatic rings. The van der Waals surface area contributed by atoms with Crippen LogP contribution in [0, 0.1) is 0 Å². The van der Waals surface area contributed by atoms with Gasteiger partial charge in [0.15, 0.2) is 0 Å². The molecule has 224 valence electrons. The molecule has 0 fully saturated rings. The molecule has 0 atom stereocenters. The summed E-state index contributed by atoms with van der Waals surface area (Å²) < 4.78 is 84.5. The summed E-state index contributed by atoms with van der Waals surface area (Å²) in [6.45, 7) is 0. The van der Waals surface area contributed by atoms with Crippen molar-refractivity contribution in [1.82, 2.24) is 0 Å². The van der Waals surface area contributed by atoms with Crippen LogP contribution in [-0.2, 0) is 0 Å². The molecule has 0 aliphatic rings. The van der Waals surface area contributed by atoms with Crippen LogP contribution in [0.4, 0.5) is 0 Å². The predicted molar refractivity (Wildman–Crippen MR) is 200 cm³/mol. The molecule has 10 rings (SSSR count). The number of hydrogen-bond donors (Lipinski definition) is 0. The van der Waals surface area contributed by atoms with Crippen LogP contribution in [0.25, 0.3) is 99.2 Å². The first-order valence-electron chi connectivity index (χ1n) is 19.7. The smallest absolute Gasteiger partial charge is 0.143 e. The fourth-order valence-electron chi connectivity index (χ4n) is 7.00. The van der Waals surface area contributed by atoms with Gasteiger partial charge in [-0.3, -0.25) is 0 Å². The maximum atomic E-state index is 9.23. The highest BCUT2D eigenvalue weighted by molar-refractivity contribution is 6.21. The first-order chi connectivity index (χ1) is 27.1. The topological polar surface area (TPSA) is 26.3 Å². The average molecular weight is 621 g/mol. The molecule has 2 aromatic heterocycles. The Labute approximate surface area is 288 Å². The van der Waals surface area contributed by atoms with E-state index in [4.69, 9.17) is 17.1 Å². The Kier molecular flexibility index (Phi) is 4.41. The van der Waals surface area contributed by atoms with Gasteiger partial charge in [-0.2, -0.15) is 0 Å². The van der Waals surface area contributed by atoms with E-state index >= 15 is 0 Å². The third-order valence-electron chi connectivity index (χ3n) is 9.12. The summed E-state index contributed by atoms with van der Waals surface area (Å²) in [5, 5.41) is 3.50. The highest BCUT2D eigenvalue weighted by Gasteiger charge is 2.21. The maximum absolute atomic E-state index is 9.23. The van der Waals surface area contributed by atoms with E-state index in [1.807, 2.05) is 97.1 Å². The van der Waals surface area contributed by atoms with Crippen LogP contribution in [0.15, 0.2) is 179 Å². The fourth-order valence-corrected chi connectivity index (χ4v) is 7.00. The van der Waals surface area contributed by atoms with Gasteiger partial charge >= 0.3 is 0 Å². The van der Waals surface area contributed by atoms with Crippen molar-refractivity contribution in [3.8, 4) is 44.7 Å².